The number of rotatable bonds is 4. The fourth-order valence-corrected chi connectivity index (χ4v) is 0.840. The highest BCUT2D eigenvalue weighted by Gasteiger charge is 2.26. The summed E-state index contributed by atoms with van der Waals surface area (Å²) in [5.41, 5.74) is 0. The minimum absolute atomic E-state index is 0.213. The van der Waals surface area contributed by atoms with Crippen molar-refractivity contribution >= 4 is 5.91 Å². The van der Waals surface area contributed by atoms with Crippen molar-refractivity contribution in [2.75, 3.05) is 14.2 Å². The standard InChI is InChI=1S/C8H13N3O3/c1-8(13-2,14-3)11-7(12)6-9-4-5-10-6/h4-5H,1-3H3,(H,9,10)(H,11,12). The number of methoxy groups -OCH3 is 2. The van der Waals surface area contributed by atoms with Crippen molar-refractivity contribution in [2.24, 2.45) is 0 Å². The van der Waals surface area contributed by atoms with Crippen LogP contribution in [0.15, 0.2) is 12.4 Å². The van der Waals surface area contributed by atoms with Gasteiger partial charge in [0.05, 0.1) is 0 Å². The number of hydrogen-bond acceptors (Lipinski definition) is 4. The van der Waals surface area contributed by atoms with Crippen molar-refractivity contribution in [3.63, 3.8) is 0 Å². The van der Waals surface area contributed by atoms with E-state index in [-0.39, 0.29) is 11.7 Å². The van der Waals surface area contributed by atoms with Crippen LogP contribution in [-0.2, 0) is 9.47 Å². The number of aromatic nitrogens is 2. The fourth-order valence-electron chi connectivity index (χ4n) is 0.840. The van der Waals surface area contributed by atoms with Gasteiger partial charge in [-0.2, -0.15) is 0 Å². The number of imidazole rings is 1. The number of ether oxygens (including phenoxy) is 2. The highest BCUT2D eigenvalue weighted by Crippen LogP contribution is 2.05. The summed E-state index contributed by atoms with van der Waals surface area (Å²) in [5, 5.41) is 2.52. The van der Waals surface area contributed by atoms with Gasteiger partial charge in [-0.1, -0.05) is 0 Å². The quantitative estimate of drug-likeness (QED) is 0.674. The van der Waals surface area contributed by atoms with Gasteiger partial charge in [0, 0.05) is 33.5 Å². The van der Waals surface area contributed by atoms with Crippen molar-refractivity contribution in [1.29, 1.82) is 0 Å². The van der Waals surface area contributed by atoms with Crippen LogP contribution in [0.25, 0.3) is 0 Å². The van der Waals surface area contributed by atoms with Crippen LogP contribution in [0.1, 0.15) is 17.5 Å². The third-order valence-electron chi connectivity index (χ3n) is 1.83. The molecule has 1 aromatic heterocycles. The predicted octanol–water partition coefficient (Wildman–Crippen LogP) is 0.106. The van der Waals surface area contributed by atoms with Crippen LogP contribution in [0, 0.1) is 0 Å². The summed E-state index contributed by atoms with van der Waals surface area (Å²) >= 11 is 0. The van der Waals surface area contributed by atoms with E-state index >= 15 is 0 Å². The van der Waals surface area contributed by atoms with E-state index in [9.17, 15) is 4.79 Å². The van der Waals surface area contributed by atoms with Gasteiger partial charge in [-0.15, -0.1) is 0 Å². The normalized spacial score (nSPS) is 11.4. The van der Waals surface area contributed by atoms with Crippen LogP contribution < -0.4 is 5.32 Å². The lowest BCUT2D eigenvalue weighted by molar-refractivity contribution is -0.206. The molecule has 1 rings (SSSR count). The van der Waals surface area contributed by atoms with Gasteiger partial charge in [-0.05, 0) is 0 Å². The molecule has 0 fully saturated rings. The highest BCUT2D eigenvalue weighted by molar-refractivity contribution is 5.90. The van der Waals surface area contributed by atoms with Crippen molar-refractivity contribution in [3.8, 4) is 0 Å². The predicted molar refractivity (Wildman–Crippen MR) is 48.5 cm³/mol. The maximum Gasteiger partial charge on any atom is 0.291 e. The maximum absolute atomic E-state index is 11.5. The molecule has 0 saturated heterocycles. The number of nitrogens with zero attached hydrogens (tertiary/aromatic N) is 1. The molecule has 0 unspecified atom stereocenters. The molecule has 6 nitrogen and oxygen atoms in total. The smallest absolute Gasteiger partial charge is 0.291 e. The Bertz CT molecular complexity index is 293. The van der Waals surface area contributed by atoms with E-state index in [1.165, 1.54) is 20.4 Å². The molecular formula is C8H13N3O3. The summed E-state index contributed by atoms with van der Waals surface area (Å²) in [7, 11) is 2.87. The number of aromatic amines is 1. The first-order chi connectivity index (χ1) is 6.61. The van der Waals surface area contributed by atoms with Gasteiger partial charge in [-0.25, -0.2) is 4.98 Å². The molecule has 0 bridgehead atoms. The van der Waals surface area contributed by atoms with Crippen molar-refractivity contribution in [3.05, 3.63) is 18.2 Å². The van der Waals surface area contributed by atoms with Gasteiger partial charge in [0.1, 0.15) is 0 Å². The summed E-state index contributed by atoms with van der Waals surface area (Å²) in [5.74, 6) is -1.31. The average molecular weight is 199 g/mol. The number of H-pyrrole nitrogens is 1. The molecule has 0 saturated carbocycles. The molecule has 14 heavy (non-hydrogen) atoms. The van der Waals surface area contributed by atoms with Gasteiger partial charge >= 0.3 is 0 Å². The molecule has 0 aliphatic heterocycles. The Morgan fingerprint density at radius 3 is 2.64 bits per heavy atom. The highest BCUT2D eigenvalue weighted by atomic mass is 16.7. The Kier molecular flexibility index (Phi) is 3.21. The van der Waals surface area contributed by atoms with Crippen LogP contribution >= 0.6 is 0 Å². The molecule has 6 heteroatoms. The monoisotopic (exact) mass is 199 g/mol. The number of hydrogen-bond donors (Lipinski definition) is 2. The zero-order chi connectivity index (χ0) is 10.6. The van der Waals surface area contributed by atoms with E-state index < -0.39 is 5.91 Å². The molecule has 0 aliphatic rings. The first kappa shape index (κ1) is 10.7. The molecule has 0 aromatic carbocycles. The van der Waals surface area contributed by atoms with Crippen LogP contribution in [-0.4, -0.2) is 36.0 Å². The van der Waals surface area contributed by atoms with Crippen molar-refractivity contribution < 1.29 is 14.3 Å². The van der Waals surface area contributed by atoms with Gasteiger partial charge in [0.15, 0.2) is 5.82 Å². The molecule has 1 amide bonds. The van der Waals surface area contributed by atoms with E-state index in [0.717, 1.165) is 0 Å². The molecule has 1 aromatic rings. The third-order valence-corrected chi connectivity index (χ3v) is 1.83. The van der Waals surface area contributed by atoms with Crippen LogP contribution in [0.2, 0.25) is 0 Å². The number of carbonyl (C=O) groups excluding carboxylic acids is 1. The SMILES string of the molecule is COC(C)(NC(=O)c1ncc[nH]1)OC. The first-order valence-electron chi connectivity index (χ1n) is 4.03. The summed E-state index contributed by atoms with van der Waals surface area (Å²) in [6, 6.07) is 0. The van der Waals surface area contributed by atoms with E-state index in [4.69, 9.17) is 9.47 Å². The van der Waals surface area contributed by atoms with Crippen molar-refractivity contribution in [2.45, 2.75) is 12.8 Å². The van der Waals surface area contributed by atoms with Gasteiger partial charge in [-0.3, -0.25) is 10.1 Å². The zero-order valence-corrected chi connectivity index (χ0v) is 8.33. The second-order valence-corrected chi connectivity index (χ2v) is 2.75. The van der Waals surface area contributed by atoms with Crippen LogP contribution in [0.5, 0.6) is 0 Å². The molecule has 0 atom stereocenters. The second-order valence-electron chi connectivity index (χ2n) is 2.75. The Balaban J connectivity index is 2.65. The Hall–Kier alpha value is -1.40. The zero-order valence-electron chi connectivity index (χ0n) is 8.33. The van der Waals surface area contributed by atoms with Crippen molar-refractivity contribution in [1.82, 2.24) is 15.3 Å². The molecule has 2 N–H and O–H groups in total. The second kappa shape index (κ2) is 4.21. The summed E-state index contributed by atoms with van der Waals surface area (Å²) in [6.07, 6.45) is 3.05. The summed E-state index contributed by atoms with van der Waals surface area (Å²) in [6.45, 7) is 1.59. The number of carbonyl (C=O) groups is 1. The summed E-state index contributed by atoms with van der Waals surface area (Å²) < 4.78 is 9.92. The molecule has 0 spiro atoms. The van der Waals surface area contributed by atoms with Gasteiger partial charge in [0.25, 0.3) is 5.91 Å². The Morgan fingerprint density at radius 2 is 2.21 bits per heavy atom. The van der Waals surface area contributed by atoms with Crippen LogP contribution in [0.3, 0.4) is 0 Å². The lowest BCUT2D eigenvalue weighted by atomic mass is 10.4. The maximum atomic E-state index is 11.5. The number of nitrogens with one attached hydrogen (secondary N) is 2. The Morgan fingerprint density at radius 1 is 1.57 bits per heavy atom. The molecule has 0 aliphatic carbocycles. The molecule has 0 radical (unpaired) electrons. The Labute approximate surface area is 81.6 Å². The molecule has 1 heterocycles. The third kappa shape index (κ3) is 2.30. The lowest BCUT2D eigenvalue weighted by Crippen LogP contribution is -2.49. The average Bonchev–Trinajstić information content (AvgIpc) is 2.70. The largest absolute Gasteiger partial charge is 0.341 e. The fraction of sp³-hybridized carbons (Fsp3) is 0.500. The molecular weight excluding hydrogens is 186 g/mol. The minimum Gasteiger partial charge on any atom is -0.341 e. The minimum atomic E-state index is -1.14. The van der Waals surface area contributed by atoms with E-state index in [1.54, 1.807) is 13.1 Å². The topological polar surface area (TPSA) is 76.2 Å². The molecule has 78 valence electrons. The van der Waals surface area contributed by atoms with Gasteiger partial charge in [0.2, 0.25) is 5.91 Å². The first-order valence-corrected chi connectivity index (χ1v) is 4.03. The summed E-state index contributed by atoms with van der Waals surface area (Å²) in [4.78, 5) is 17.9. The van der Waals surface area contributed by atoms with E-state index in [0.29, 0.717) is 0 Å². The van der Waals surface area contributed by atoms with Crippen LogP contribution in [0.4, 0.5) is 0 Å². The van der Waals surface area contributed by atoms with E-state index in [1.807, 2.05) is 0 Å². The van der Waals surface area contributed by atoms with Gasteiger partial charge < -0.3 is 14.5 Å². The lowest BCUT2D eigenvalue weighted by Gasteiger charge is -2.26. The number of amides is 1. The van der Waals surface area contributed by atoms with E-state index in [2.05, 4.69) is 15.3 Å².